The predicted octanol–water partition coefficient (Wildman–Crippen LogP) is 1.03. The average Bonchev–Trinajstić information content (AvgIpc) is 2.52. The highest BCUT2D eigenvalue weighted by atomic mass is 32.1. The van der Waals surface area contributed by atoms with Gasteiger partial charge in [0.2, 0.25) is 0 Å². The largest absolute Gasteiger partial charge is 0.463 e. The minimum atomic E-state index is -0.453. The van der Waals surface area contributed by atoms with Crippen molar-refractivity contribution < 1.29 is 9.53 Å². The zero-order chi connectivity index (χ0) is 10.6. The first kappa shape index (κ1) is 10.7. The molecule has 1 rings (SSSR count). The maximum Gasteiger partial charge on any atom is 0.335 e. The highest BCUT2D eigenvalue weighted by Crippen LogP contribution is 1.99. The quantitative estimate of drug-likeness (QED) is 0.554. The highest BCUT2D eigenvalue weighted by molar-refractivity contribution is 7.07. The maximum atomic E-state index is 11.1. The fourth-order valence-corrected chi connectivity index (χ4v) is 1.50. The minimum absolute atomic E-state index is 0.101. The Morgan fingerprint density at radius 2 is 2.43 bits per heavy atom. The van der Waals surface area contributed by atoms with Crippen molar-refractivity contribution in [1.82, 2.24) is 4.57 Å². The van der Waals surface area contributed by atoms with E-state index >= 15 is 0 Å². The van der Waals surface area contributed by atoms with Gasteiger partial charge in [0.1, 0.15) is 0 Å². The van der Waals surface area contributed by atoms with Crippen LogP contribution in [0.5, 0.6) is 0 Å². The van der Waals surface area contributed by atoms with Gasteiger partial charge in [-0.1, -0.05) is 17.9 Å². The lowest BCUT2D eigenvalue weighted by atomic mass is 10.3. The fraction of sp³-hybridized carbons (Fsp3) is 0.333. The van der Waals surface area contributed by atoms with Crippen LogP contribution in [0.2, 0.25) is 0 Å². The van der Waals surface area contributed by atoms with Crippen LogP contribution in [0.25, 0.3) is 0 Å². The number of ether oxygens (including phenoxy) is 1. The van der Waals surface area contributed by atoms with Gasteiger partial charge in [-0.15, -0.1) is 0 Å². The number of rotatable bonds is 4. The van der Waals surface area contributed by atoms with Gasteiger partial charge in [-0.3, -0.25) is 4.79 Å². The van der Waals surface area contributed by atoms with E-state index in [1.807, 2.05) is 0 Å². The number of carbonyl (C=O) groups is 1. The topological polar surface area (TPSA) is 48.3 Å². The number of aromatic nitrogens is 1. The van der Waals surface area contributed by atoms with Crippen molar-refractivity contribution in [2.24, 2.45) is 0 Å². The van der Waals surface area contributed by atoms with Crippen LogP contribution in [0.3, 0.4) is 0 Å². The van der Waals surface area contributed by atoms with Gasteiger partial charge in [-0.2, -0.15) is 0 Å². The Labute approximate surface area is 85.4 Å². The van der Waals surface area contributed by atoms with E-state index in [9.17, 15) is 9.59 Å². The van der Waals surface area contributed by atoms with Gasteiger partial charge >= 0.3 is 10.8 Å². The number of thiazole rings is 1. The monoisotopic (exact) mass is 213 g/mol. The van der Waals surface area contributed by atoms with E-state index in [2.05, 4.69) is 6.58 Å². The Morgan fingerprint density at radius 3 is 2.93 bits per heavy atom. The molecule has 4 nitrogen and oxygen atoms in total. The lowest BCUT2D eigenvalue weighted by Crippen LogP contribution is -2.18. The normalized spacial score (nSPS) is 9.79. The Kier molecular flexibility index (Phi) is 3.64. The lowest BCUT2D eigenvalue weighted by molar-refractivity contribution is -0.138. The van der Waals surface area contributed by atoms with Gasteiger partial charge in [0.05, 0.1) is 13.2 Å². The van der Waals surface area contributed by atoms with Crippen molar-refractivity contribution in [3.8, 4) is 0 Å². The third-order valence-corrected chi connectivity index (χ3v) is 2.26. The molecule has 0 aliphatic carbocycles. The number of nitrogens with zero attached hydrogens (tertiary/aromatic N) is 1. The second kappa shape index (κ2) is 4.76. The van der Waals surface area contributed by atoms with Crippen molar-refractivity contribution in [2.75, 3.05) is 6.61 Å². The van der Waals surface area contributed by atoms with Crippen LogP contribution in [0.4, 0.5) is 0 Å². The summed E-state index contributed by atoms with van der Waals surface area (Å²) in [7, 11) is 0. The summed E-state index contributed by atoms with van der Waals surface area (Å²) in [6.07, 6.45) is 1.62. The lowest BCUT2D eigenvalue weighted by Gasteiger charge is -2.04. The minimum Gasteiger partial charge on any atom is -0.463 e. The first-order valence-electron chi connectivity index (χ1n) is 4.14. The van der Waals surface area contributed by atoms with Crippen molar-refractivity contribution in [3.63, 3.8) is 0 Å². The van der Waals surface area contributed by atoms with Gasteiger partial charge in [0, 0.05) is 17.2 Å². The second-order valence-electron chi connectivity index (χ2n) is 2.62. The van der Waals surface area contributed by atoms with E-state index in [1.165, 1.54) is 4.57 Å². The van der Waals surface area contributed by atoms with Gasteiger partial charge < -0.3 is 9.30 Å². The van der Waals surface area contributed by atoms with E-state index in [1.54, 1.807) is 18.5 Å². The molecule has 0 fully saturated rings. The van der Waals surface area contributed by atoms with Crippen LogP contribution in [-0.2, 0) is 16.1 Å². The number of esters is 1. The van der Waals surface area contributed by atoms with Crippen LogP contribution in [0.1, 0.15) is 6.92 Å². The number of hydrogen-bond donors (Lipinski definition) is 0. The molecular formula is C9H11NO3S. The van der Waals surface area contributed by atoms with Crippen LogP contribution in [0.15, 0.2) is 28.5 Å². The first-order valence-corrected chi connectivity index (χ1v) is 5.02. The predicted molar refractivity (Wildman–Crippen MR) is 54.4 cm³/mol. The zero-order valence-electron chi connectivity index (χ0n) is 7.86. The summed E-state index contributed by atoms with van der Waals surface area (Å²) in [5.41, 5.74) is 0.285. The molecule has 0 radical (unpaired) electrons. The Balaban J connectivity index is 2.62. The smallest absolute Gasteiger partial charge is 0.335 e. The van der Waals surface area contributed by atoms with E-state index in [0.717, 1.165) is 11.3 Å². The van der Waals surface area contributed by atoms with Gasteiger partial charge in [-0.25, -0.2) is 4.79 Å². The molecule has 0 aliphatic heterocycles. The SMILES string of the molecule is C=C(Cn1ccsc1=O)C(=O)OCC. The molecule has 0 aliphatic rings. The summed E-state index contributed by atoms with van der Waals surface area (Å²) in [5.74, 6) is -0.453. The third kappa shape index (κ3) is 2.56. The number of hydrogen-bond acceptors (Lipinski definition) is 4. The van der Waals surface area contributed by atoms with Gasteiger partial charge in [0.25, 0.3) is 0 Å². The molecule has 0 unspecified atom stereocenters. The molecule has 0 saturated heterocycles. The van der Waals surface area contributed by atoms with E-state index < -0.39 is 5.97 Å². The van der Waals surface area contributed by atoms with Crippen LogP contribution in [0, 0.1) is 0 Å². The summed E-state index contributed by atoms with van der Waals surface area (Å²) in [4.78, 5) is 22.2. The fourth-order valence-electron chi connectivity index (χ4n) is 0.911. The molecule has 0 amide bonds. The summed E-state index contributed by atoms with van der Waals surface area (Å²) in [6.45, 7) is 5.80. The van der Waals surface area contributed by atoms with E-state index in [4.69, 9.17) is 4.74 Å². The second-order valence-corrected chi connectivity index (χ2v) is 3.48. The molecule has 14 heavy (non-hydrogen) atoms. The molecule has 5 heteroatoms. The summed E-state index contributed by atoms with van der Waals surface area (Å²) < 4.78 is 6.16. The van der Waals surface area contributed by atoms with Crippen molar-refractivity contribution in [1.29, 1.82) is 0 Å². The average molecular weight is 213 g/mol. The molecule has 0 aromatic carbocycles. The molecule has 1 heterocycles. The van der Waals surface area contributed by atoms with Crippen molar-refractivity contribution in [3.05, 3.63) is 33.4 Å². The van der Waals surface area contributed by atoms with Gasteiger partial charge in [0.15, 0.2) is 0 Å². The van der Waals surface area contributed by atoms with Crippen LogP contribution in [-0.4, -0.2) is 17.1 Å². The summed E-state index contributed by atoms with van der Waals surface area (Å²) >= 11 is 1.09. The molecule has 0 saturated carbocycles. The van der Waals surface area contributed by atoms with Gasteiger partial charge in [-0.05, 0) is 6.92 Å². The Bertz CT molecular complexity index is 391. The number of carbonyl (C=O) groups excluding carboxylic acids is 1. The van der Waals surface area contributed by atoms with Crippen LogP contribution >= 0.6 is 11.3 Å². The molecule has 76 valence electrons. The molecule has 0 spiro atoms. The summed E-state index contributed by atoms with van der Waals surface area (Å²) in [6, 6.07) is 0. The maximum absolute atomic E-state index is 11.1. The van der Waals surface area contributed by atoms with E-state index in [0.29, 0.717) is 6.61 Å². The zero-order valence-corrected chi connectivity index (χ0v) is 8.67. The molecule has 1 aromatic heterocycles. The molecular weight excluding hydrogens is 202 g/mol. The Morgan fingerprint density at radius 1 is 1.71 bits per heavy atom. The molecule has 1 aromatic rings. The van der Waals surface area contributed by atoms with E-state index in [-0.39, 0.29) is 17.0 Å². The third-order valence-electron chi connectivity index (χ3n) is 1.57. The molecule has 0 N–H and O–H groups in total. The summed E-state index contributed by atoms with van der Waals surface area (Å²) in [5, 5.41) is 1.67. The van der Waals surface area contributed by atoms with Crippen LogP contribution < -0.4 is 4.87 Å². The highest BCUT2D eigenvalue weighted by Gasteiger charge is 2.08. The standard InChI is InChI=1S/C9H11NO3S/c1-3-13-8(11)7(2)6-10-4-5-14-9(10)12/h4-5H,2-3,6H2,1H3. The van der Waals surface area contributed by atoms with Crippen molar-refractivity contribution >= 4 is 17.3 Å². The Hall–Kier alpha value is -1.36. The van der Waals surface area contributed by atoms with Crippen molar-refractivity contribution in [2.45, 2.75) is 13.5 Å². The first-order chi connectivity index (χ1) is 6.65. The molecule has 0 atom stereocenters. The molecule has 0 bridgehead atoms.